The average molecular weight is 383 g/mol. The number of aliphatic imine (C=N–C) groups is 1. The van der Waals surface area contributed by atoms with Gasteiger partial charge in [0.05, 0.1) is 22.9 Å². The number of ether oxygens (including phenoxy) is 1. The molecular formula is C18H24F3N5O. The molecule has 3 aliphatic rings. The standard InChI is InChI=1S/C18H24F3N5O/c19-17(20,21)14-8-24-16(22)13-7-25-18(23,26-15(13)14)11-3-5-12(6-4-11)27-9-10-1-2-10/h7-8,10-12,26H,1-6,9,23H2,(H2,22,24). The van der Waals surface area contributed by atoms with Gasteiger partial charge >= 0.3 is 6.18 Å². The van der Waals surface area contributed by atoms with Crippen molar-refractivity contribution in [1.29, 1.82) is 0 Å². The Bertz CT molecular complexity index is 741. The van der Waals surface area contributed by atoms with E-state index in [1.165, 1.54) is 19.1 Å². The van der Waals surface area contributed by atoms with Crippen LogP contribution >= 0.6 is 0 Å². The van der Waals surface area contributed by atoms with Crippen molar-refractivity contribution in [3.8, 4) is 0 Å². The molecule has 0 bridgehead atoms. The van der Waals surface area contributed by atoms with Crippen LogP contribution in [0.5, 0.6) is 0 Å². The van der Waals surface area contributed by atoms with Crippen molar-refractivity contribution in [3.63, 3.8) is 0 Å². The molecule has 6 nitrogen and oxygen atoms in total. The first-order chi connectivity index (χ1) is 12.8. The molecule has 9 heteroatoms. The van der Waals surface area contributed by atoms with E-state index in [0.717, 1.165) is 38.5 Å². The maximum Gasteiger partial charge on any atom is 0.419 e. The van der Waals surface area contributed by atoms with Crippen LogP contribution in [-0.2, 0) is 10.9 Å². The summed E-state index contributed by atoms with van der Waals surface area (Å²) < 4.78 is 46.1. The van der Waals surface area contributed by atoms with Gasteiger partial charge in [0.15, 0.2) is 5.79 Å². The number of alkyl halides is 3. The Hall–Kier alpha value is -1.87. The normalized spacial score (nSPS) is 30.7. The van der Waals surface area contributed by atoms with Gasteiger partial charge in [-0.2, -0.15) is 13.2 Å². The van der Waals surface area contributed by atoms with Gasteiger partial charge in [-0.15, -0.1) is 0 Å². The van der Waals surface area contributed by atoms with Gasteiger partial charge < -0.3 is 15.8 Å². The molecule has 0 amide bonds. The van der Waals surface area contributed by atoms with Crippen molar-refractivity contribution < 1.29 is 17.9 Å². The molecule has 0 spiro atoms. The summed E-state index contributed by atoms with van der Waals surface area (Å²) >= 11 is 0. The third-order valence-electron chi connectivity index (χ3n) is 5.75. The first-order valence-electron chi connectivity index (χ1n) is 9.36. The van der Waals surface area contributed by atoms with Crippen molar-refractivity contribution in [2.45, 2.75) is 56.6 Å². The topological polar surface area (TPSA) is 98.5 Å². The number of nitrogens with one attached hydrogen (secondary N) is 1. The Balaban J connectivity index is 1.49. The summed E-state index contributed by atoms with van der Waals surface area (Å²) in [7, 11) is 0. The SMILES string of the molecule is Nc1ncc(C(F)(F)F)c2c1C=NC(N)(C1CCC(OCC3CC3)CC1)N2. The molecular weight excluding hydrogens is 359 g/mol. The summed E-state index contributed by atoms with van der Waals surface area (Å²) in [5.41, 5.74) is 11.3. The maximum atomic E-state index is 13.4. The number of nitrogens with two attached hydrogens (primary N) is 2. The Morgan fingerprint density at radius 2 is 1.89 bits per heavy atom. The summed E-state index contributed by atoms with van der Waals surface area (Å²) in [6, 6.07) is 0. The van der Waals surface area contributed by atoms with Gasteiger partial charge in [-0.1, -0.05) is 0 Å². The van der Waals surface area contributed by atoms with Crippen molar-refractivity contribution in [2.24, 2.45) is 22.6 Å². The molecule has 2 fully saturated rings. The van der Waals surface area contributed by atoms with Crippen LogP contribution in [0.2, 0.25) is 0 Å². The van der Waals surface area contributed by atoms with Crippen molar-refractivity contribution in [2.75, 3.05) is 17.7 Å². The second-order valence-electron chi connectivity index (χ2n) is 7.80. The zero-order valence-corrected chi connectivity index (χ0v) is 14.9. The van der Waals surface area contributed by atoms with E-state index in [-0.39, 0.29) is 29.1 Å². The van der Waals surface area contributed by atoms with E-state index in [1.54, 1.807) is 0 Å². The van der Waals surface area contributed by atoms with Crippen LogP contribution in [0.25, 0.3) is 0 Å². The molecule has 1 atom stereocenters. The third kappa shape index (κ3) is 3.75. The molecule has 2 heterocycles. The smallest absolute Gasteiger partial charge is 0.383 e. The second kappa shape index (κ2) is 6.63. The summed E-state index contributed by atoms with van der Waals surface area (Å²) in [4.78, 5) is 7.97. The number of aromatic nitrogens is 1. The number of rotatable bonds is 4. The molecule has 2 saturated carbocycles. The Morgan fingerprint density at radius 3 is 2.52 bits per heavy atom. The van der Waals surface area contributed by atoms with Crippen LogP contribution in [0, 0.1) is 11.8 Å². The van der Waals surface area contributed by atoms with Crippen LogP contribution in [0.1, 0.15) is 49.7 Å². The Morgan fingerprint density at radius 1 is 1.19 bits per heavy atom. The highest BCUT2D eigenvalue weighted by molar-refractivity contribution is 5.96. The van der Waals surface area contributed by atoms with E-state index in [9.17, 15) is 13.2 Å². The molecule has 0 aromatic carbocycles. The molecule has 0 radical (unpaired) electrons. The summed E-state index contributed by atoms with van der Waals surface area (Å²) in [5, 5.41) is 2.83. The molecule has 1 aromatic rings. The molecule has 148 valence electrons. The van der Waals surface area contributed by atoms with Gasteiger partial charge in [-0.05, 0) is 44.4 Å². The molecule has 2 aliphatic carbocycles. The van der Waals surface area contributed by atoms with Gasteiger partial charge in [0.1, 0.15) is 5.82 Å². The number of fused-ring (bicyclic) bond motifs is 1. The van der Waals surface area contributed by atoms with Crippen molar-refractivity contribution in [3.05, 3.63) is 17.3 Å². The van der Waals surface area contributed by atoms with Gasteiger partial charge in [-0.3, -0.25) is 5.73 Å². The third-order valence-corrected chi connectivity index (χ3v) is 5.75. The number of anilines is 2. The minimum atomic E-state index is -4.56. The zero-order chi connectivity index (χ0) is 19.2. The van der Waals surface area contributed by atoms with Gasteiger partial charge in [-0.25, -0.2) is 9.98 Å². The maximum absolute atomic E-state index is 13.4. The second-order valence-corrected chi connectivity index (χ2v) is 7.80. The van der Waals surface area contributed by atoms with Crippen LogP contribution in [0.4, 0.5) is 24.7 Å². The highest BCUT2D eigenvalue weighted by Gasteiger charge is 2.43. The monoisotopic (exact) mass is 383 g/mol. The quantitative estimate of drug-likeness (QED) is 0.742. The lowest BCUT2D eigenvalue weighted by Crippen LogP contribution is -2.55. The highest BCUT2D eigenvalue weighted by Crippen LogP contribution is 2.43. The Kier molecular flexibility index (Phi) is 4.54. The van der Waals surface area contributed by atoms with Crippen molar-refractivity contribution >= 4 is 17.7 Å². The number of hydrogen-bond donors (Lipinski definition) is 3. The number of hydrogen-bond acceptors (Lipinski definition) is 6. The molecule has 27 heavy (non-hydrogen) atoms. The number of nitrogen functional groups attached to an aromatic ring is 1. The first-order valence-corrected chi connectivity index (χ1v) is 9.36. The minimum absolute atomic E-state index is 0.00603. The minimum Gasteiger partial charge on any atom is -0.383 e. The summed E-state index contributed by atoms with van der Waals surface area (Å²) in [5.74, 6) is -0.668. The Labute approximate surface area is 155 Å². The number of nitrogens with zero attached hydrogens (tertiary/aromatic N) is 2. The largest absolute Gasteiger partial charge is 0.419 e. The fraction of sp³-hybridized carbons (Fsp3) is 0.667. The van der Waals surface area contributed by atoms with Gasteiger partial charge in [0.25, 0.3) is 0 Å². The van der Waals surface area contributed by atoms with E-state index in [2.05, 4.69) is 15.3 Å². The van der Waals surface area contributed by atoms with E-state index in [1.807, 2.05) is 0 Å². The predicted octanol–water partition coefficient (Wildman–Crippen LogP) is 3.12. The lowest BCUT2D eigenvalue weighted by atomic mass is 9.82. The molecule has 5 N–H and O–H groups in total. The molecule has 1 unspecified atom stereocenters. The molecule has 1 aromatic heterocycles. The molecule has 4 rings (SSSR count). The fourth-order valence-corrected chi connectivity index (χ4v) is 3.86. The van der Waals surface area contributed by atoms with Crippen LogP contribution in [0.15, 0.2) is 11.2 Å². The molecule has 0 saturated heterocycles. The zero-order valence-electron chi connectivity index (χ0n) is 14.9. The van der Waals surface area contributed by atoms with E-state index in [4.69, 9.17) is 16.2 Å². The summed E-state index contributed by atoms with van der Waals surface area (Å²) in [6.07, 6.45) is 3.37. The van der Waals surface area contributed by atoms with Crippen LogP contribution in [-0.4, -0.2) is 29.7 Å². The lowest BCUT2D eigenvalue weighted by molar-refractivity contribution is -0.137. The van der Waals surface area contributed by atoms with Crippen LogP contribution < -0.4 is 16.8 Å². The fourth-order valence-electron chi connectivity index (χ4n) is 3.86. The van der Waals surface area contributed by atoms with E-state index in [0.29, 0.717) is 5.92 Å². The summed E-state index contributed by atoms with van der Waals surface area (Å²) in [6.45, 7) is 0.814. The van der Waals surface area contributed by atoms with E-state index < -0.39 is 17.5 Å². The van der Waals surface area contributed by atoms with Crippen molar-refractivity contribution in [1.82, 2.24) is 4.98 Å². The average Bonchev–Trinajstić information content (AvgIpc) is 3.44. The van der Waals surface area contributed by atoms with E-state index >= 15 is 0 Å². The van der Waals surface area contributed by atoms with Gasteiger partial charge in [0, 0.05) is 24.9 Å². The predicted molar refractivity (Wildman–Crippen MR) is 96.2 cm³/mol. The first kappa shape index (κ1) is 18.5. The van der Waals surface area contributed by atoms with Gasteiger partial charge in [0.2, 0.25) is 0 Å². The number of pyridine rings is 1. The van der Waals surface area contributed by atoms with Crippen LogP contribution in [0.3, 0.4) is 0 Å². The number of halogens is 3. The lowest BCUT2D eigenvalue weighted by Gasteiger charge is -2.41. The highest BCUT2D eigenvalue weighted by atomic mass is 19.4. The molecule has 1 aliphatic heterocycles.